The molecule has 13 heteroatoms. The fraction of sp³-hybridized carbons (Fsp3) is 0.455. The number of primary sulfonamides is 1. The Labute approximate surface area is 201 Å². The normalized spacial score (nSPS) is 22.6. The van der Waals surface area contributed by atoms with Gasteiger partial charge in [0.2, 0.25) is 10.0 Å². The van der Waals surface area contributed by atoms with Crippen LogP contribution in [0.25, 0.3) is 11.1 Å². The van der Waals surface area contributed by atoms with Gasteiger partial charge in [-0.25, -0.2) is 24.4 Å². The number of hydrogen-bond donors (Lipinski definition) is 6. The number of rotatable bonds is 6. The second-order valence-corrected chi connectivity index (χ2v) is 10.8. The largest absolute Gasteiger partial charge is 0.417 e. The smallest absolute Gasteiger partial charge is 0.316 e. The minimum absolute atomic E-state index is 0.118. The lowest BCUT2D eigenvalue weighted by atomic mass is 9.88. The molecule has 2 aromatic carbocycles. The van der Waals surface area contributed by atoms with Gasteiger partial charge in [0.15, 0.2) is 0 Å². The van der Waals surface area contributed by atoms with E-state index in [1.807, 2.05) is 24.3 Å². The molecule has 1 unspecified atom stereocenters. The summed E-state index contributed by atoms with van der Waals surface area (Å²) in [6, 6.07) is 9.59. The second kappa shape index (κ2) is 9.41. The summed E-state index contributed by atoms with van der Waals surface area (Å²) >= 11 is 0. The lowest BCUT2D eigenvalue weighted by Gasteiger charge is -2.41. The number of sulfonamides is 1. The number of alkyl halides is 3. The van der Waals surface area contributed by atoms with E-state index in [-0.39, 0.29) is 5.56 Å². The van der Waals surface area contributed by atoms with Gasteiger partial charge in [-0.2, -0.15) is 24.2 Å². The number of benzene rings is 2. The molecule has 0 aliphatic carbocycles. The summed E-state index contributed by atoms with van der Waals surface area (Å²) in [6.07, 6.45) is -4.67. The number of halogens is 3. The summed E-state index contributed by atoms with van der Waals surface area (Å²) < 4.78 is 65.9. The molecule has 0 radical (unpaired) electrons. The van der Waals surface area contributed by atoms with Crippen molar-refractivity contribution < 1.29 is 21.6 Å². The number of hydrazine groups is 3. The summed E-state index contributed by atoms with van der Waals surface area (Å²) in [6.45, 7) is 5.20. The Kier molecular flexibility index (Phi) is 6.61. The lowest BCUT2D eigenvalue weighted by Crippen LogP contribution is -2.47. The summed E-state index contributed by atoms with van der Waals surface area (Å²) in [5.74, 6) is 1.10. The van der Waals surface area contributed by atoms with Crippen LogP contribution >= 0.6 is 0 Å². The zero-order valence-corrected chi connectivity index (χ0v) is 19.6. The Balaban J connectivity index is 1.44. The molecule has 0 amide bonds. The molecule has 35 heavy (non-hydrogen) atoms. The summed E-state index contributed by atoms with van der Waals surface area (Å²) in [4.78, 5) is 1.48. The quantitative estimate of drug-likeness (QED) is 0.342. The summed E-state index contributed by atoms with van der Waals surface area (Å²) in [7, 11) is -4.71. The SMILES string of the molecule is NS(=O)(=O)c1c(C(F)(F)F)ccc(-c2ccc(C3CN(CC4CCNC4)C3)cc2)c1C1NNNN1. The molecule has 2 aromatic rings. The first-order valence-corrected chi connectivity index (χ1v) is 13.0. The molecule has 3 fully saturated rings. The van der Waals surface area contributed by atoms with Crippen LogP contribution in [0.15, 0.2) is 41.3 Å². The van der Waals surface area contributed by atoms with Crippen LogP contribution in [0.4, 0.5) is 13.2 Å². The highest BCUT2D eigenvalue weighted by atomic mass is 32.2. The van der Waals surface area contributed by atoms with Crippen molar-refractivity contribution in [1.29, 1.82) is 0 Å². The van der Waals surface area contributed by atoms with E-state index < -0.39 is 32.8 Å². The fourth-order valence-corrected chi connectivity index (χ4v) is 6.19. The molecule has 0 saturated carbocycles. The molecule has 5 rings (SSSR count). The number of hydrogen-bond acceptors (Lipinski definition) is 8. The van der Waals surface area contributed by atoms with Gasteiger partial charge in [-0.3, -0.25) is 0 Å². The van der Waals surface area contributed by atoms with Gasteiger partial charge in [-0.05, 0) is 48.2 Å². The Morgan fingerprint density at radius 3 is 2.29 bits per heavy atom. The Bertz CT molecular complexity index is 1170. The monoisotopic (exact) mass is 511 g/mol. The van der Waals surface area contributed by atoms with Crippen LogP contribution in [0, 0.1) is 5.92 Å². The van der Waals surface area contributed by atoms with Crippen molar-refractivity contribution >= 4 is 10.0 Å². The van der Waals surface area contributed by atoms with E-state index in [1.165, 1.54) is 12.5 Å². The first kappa shape index (κ1) is 24.6. The van der Waals surface area contributed by atoms with Crippen molar-refractivity contribution in [3.63, 3.8) is 0 Å². The third kappa shape index (κ3) is 5.08. The zero-order valence-electron chi connectivity index (χ0n) is 18.8. The van der Waals surface area contributed by atoms with Crippen molar-refractivity contribution in [1.82, 2.24) is 32.1 Å². The van der Waals surface area contributed by atoms with Crippen molar-refractivity contribution in [2.24, 2.45) is 11.1 Å². The molecule has 9 nitrogen and oxygen atoms in total. The highest BCUT2D eigenvalue weighted by molar-refractivity contribution is 7.89. The van der Waals surface area contributed by atoms with Gasteiger partial charge in [-0.1, -0.05) is 30.3 Å². The van der Waals surface area contributed by atoms with E-state index in [1.54, 1.807) is 0 Å². The lowest BCUT2D eigenvalue weighted by molar-refractivity contribution is -0.140. The zero-order chi connectivity index (χ0) is 24.8. The number of likely N-dealkylation sites (tertiary alicyclic amines) is 1. The average molecular weight is 512 g/mol. The molecular weight excluding hydrogens is 483 g/mol. The topological polar surface area (TPSA) is 124 Å². The second-order valence-electron chi connectivity index (χ2n) is 9.31. The Morgan fingerprint density at radius 1 is 1.03 bits per heavy atom. The number of nitrogens with two attached hydrogens (primary N) is 1. The molecule has 3 aliphatic heterocycles. The first-order valence-electron chi connectivity index (χ1n) is 11.4. The van der Waals surface area contributed by atoms with E-state index in [0.717, 1.165) is 44.4 Å². The average Bonchev–Trinajstić information content (AvgIpc) is 3.48. The third-order valence-corrected chi connectivity index (χ3v) is 7.91. The van der Waals surface area contributed by atoms with Crippen LogP contribution in [0.5, 0.6) is 0 Å². The van der Waals surface area contributed by atoms with E-state index in [0.29, 0.717) is 23.0 Å². The molecule has 0 bridgehead atoms. The Hall–Kier alpha value is -2.10. The van der Waals surface area contributed by atoms with Gasteiger partial charge in [0.1, 0.15) is 11.1 Å². The third-order valence-electron chi connectivity index (χ3n) is 6.90. The molecule has 1 atom stereocenters. The minimum atomic E-state index is -4.90. The maximum Gasteiger partial charge on any atom is 0.417 e. The maximum absolute atomic E-state index is 13.7. The molecule has 7 N–H and O–H groups in total. The van der Waals surface area contributed by atoms with Gasteiger partial charge in [0.25, 0.3) is 0 Å². The molecule has 0 aromatic heterocycles. The van der Waals surface area contributed by atoms with Crippen LogP contribution in [0.2, 0.25) is 0 Å². The van der Waals surface area contributed by atoms with Crippen LogP contribution in [0.3, 0.4) is 0 Å². The first-order chi connectivity index (χ1) is 16.6. The van der Waals surface area contributed by atoms with Gasteiger partial charge in [-0.15, -0.1) is 0 Å². The highest BCUT2D eigenvalue weighted by Gasteiger charge is 2.40. The summed E-state index contributed by atoms with van der Waals surface area (Å²) in [5, 5.41) is 8.69. The van der Waals surface area contributed by atoms with E-state index in [4.69, 9.17) is 5.14 Å². The summed E-state index contributed by atoms with van der Waals surface area (Å²) in [5.41, 5.74) is 11.1. The Morgan fingerprint density at radius 2 is 1.71 bits per heavy atom. The predicted octanol–water partition coefficient (Wildman–Crippen LogP) is 1.14. The number of nitrogens with zero attached hydrogens (tertiary/aromatic N) is 1. The molecule has 3 aliphatic rings. The molecule has 0 spiro atoms. The maximum atomic E-state index is 13.7. The van der Waals surface area contributed by atoms with E-state index >= 15 is 0 Å². The van der Waals surface area contributed by atoms with Crippen molar-refractivity contribution in [2.45, 2.75) is 29.6 Å². The fourth-order valence-electron chi connectivity index (χ4n) is 5.16. The van der Waals surface area contributed by atoms with Crippen LogP contribution in [-0.4, -0.2) is 46.0 Å². The van der Waals surface area contributed by atoms with Gasteiger partial charge in [0.05, 0.1) is 5.56 Å². The molecule has 3 saturated heterocycles. The van der Waals surface area contributed by atoms with Gasteiger partial charge < -0.3 is 10.2 Å². The molecule has 190 valence electrons. The van der Waals surface area contributed by atoms with Gasteiger partial charge in [0, 0.05) is 31.1 Å². The minimum Gasteiger partial charge on any atom is -0.316 e. The van der Waals surface area contributed by atoms with E-state index in [9.17, 15) is 21.6 Å². The van der Waals surface area contributed by atoms with Crippen molar-refractivity contribution in [3.8, 4) is 11.1 Å². The van der Waals surface area contributed by atoms with Crippen LogP contribution in [0.1, 0.15) is 35.2 Å². The molecular formula is C22H28F3N7O2S. The van der Waals surface area contributed by atoms with Crippen LogP contribution < -0.4 is 32.4 Å². The van der Waals surface area contributed by atoms with Crippen LogP contribution in [-0.2, 0) is 16.2 Å². The van der Waals surface area contributed by atoms with Crippen molar-refractivity contribution in [2.75, 3.05) is 32.7 Å². The predicted molar refractivity (Wildman–Crippen MR) is 124 cm³/mol. The molecule has 3 heterocycles. The number of nitrogens with one attached hydrogen (secondary N) is 5. The van der Waals surface area contributed by atoms with Crippen molar-refractivity contribution in [3.05, 3.63) is 53.1 Å². The standard InChI is InChI=1S/C22H28F3N7O2S/c23-22(24,25)18-6-5-17(19(20(18)35(26,33)34)21-28-30-31-29-21)15-3-1-14(2-4-15)16-11-32(12-16)10-13-7-8-27-9-13/h1-6,13,16,21,27-31H,7-12H2,(H2,26,33,34). The van der Waals surface area contributed by atoms with E-state index in [2.05, 4.69) is 32.1 Å². The highest BCUT2D eigenvalue weighted by Crippen LogP contribution is 2.41. The van der Waals surface area contributed by atoms with Gasteiger partial charge >= 0.3 is 6.18 Å².